The molecular weight excluding hydrogens is 270 g/mol. The zero-order valence-electron chi connectivity index (χ0n) is 11.2. The molecule has 21 heavy (non-hydrogen) atoms. The number of benzene rings is 1. The van der Waals surface area contributed by atoms with Gasteiger partial charge in [0.05, 0.1) is 0 Å². The van der Waals surface area contributed by atoms with Gasteiger partial charge in [-0.25, -0.2) is 4.98 Å². The first kappa shape index (κ1) is 14.5. The van der Waals surface area contributed by atoms with Crippen molar-refractivity contribution in [2.45, 2.75) is 6.42 Å². The Labute approximate surface area is 121 Å². The zero-order valence-corrected chi connectivity index (χ0v) is 11.2. The summed E-state index contributed by atoms with van der Waals surface area (Å²) >= 11 is 0. The number of aromatic nitrogens is 1. The molecule has 0 aliphatic carbocycles. The number of aromatic hydroxyl groups is 1. The first-order valence-electron chi connectivity index (χ1n) is 6.43. The summed E-state index contributed by atoms with van der Waals surface area (Å²) in [6.07, 6.45) is 2.10. The van der Waals surface area contributed by atoms with Gasteiger partial charge in [-0.05, 0) is 36.2 Å². The quantitative estimate of drug-likeness (QED) is 0.733. The van der Waals surface area contributed by atoms with Gasteiger partial charge in [-0.2, -0.15) is 0 Å². The summed E-state index contributed by atoms with van der Waals surface area (Å²) < 4.78 is 0. The first-order valence-corrected chi connectivity index (χ1v) is 6.43. The largest absolute Gasteiger partial charge is 0.508 e. The van der Waals surface area contributed by atoms with Crippen molar-refractivity contribution in [1.29, 1.82) is 0 Å². The van der Waals surface area contributed by atoms with Crippen LogP contribution in [0.1, 0.15) is 5.56 Å². The fraction of sp³-hybridized carbons (Fsp3) is 0.133. The van der Waals surface area contributed by atoms with Crippen LogP contribution in [0.3, 0.4) is 0 Å². The molecule has 0 atom stereocenters. The van der Waals surface area contributed by atoms with E-state index in [-0.39, 0.29) is 5.75 Å². The molecule has 0 aliphatic rings. The lowest BCUT2D eigenvalue weighted by molar-refractivity contribution is -0.136. The number of hydrogen-bond donors (Lipinski definition) is 3. The smallest absolute Gasteiger partial charge is 0.314 e. The van der Waals surface area contributed by atoms with Crippen molar-refractivity contribution in [3.63, 3.8) is 0 Å². The SMILES string of the molecule is O=C(NCCc1ccc(O)cc1)C(=O)Nc1ccccn1. The standard InChI is InChI=1S/C15H15N3O3/c19-12-6-4-11(5-7-12)8-10-17-14(20)15(21)18-13-3-1-2-9-16-13/h1-7,9,19H,8,10H2,(H,17,20)(H,16,18,21). The lowest BCUT2D eigenvalue weighted by Gasteiger charge is -2.06. The predicted octanol–water partition coefficient (Wildman–Crippen LogP) is 1.08. The summed E-state index contributed by atoms with van der Waals surface area (Å²) in [6, 6.07) is 11.7. The molecule has 0 spiro atoms. The number of nitrogens with one attached hydrogen (secondary N) is 2. The second kappa shape index (κ2) is 7.04. The van der Waals surface area contributed by atoms with Crippen LogP contribution in [-0.2, 0) is 16.0 Å². The van der Waals surface area contributed by atoms with E-state index in [1.54, 1.807) is 42.5 Å². The van der Waals surface area contributed by atoms with Gasteiger partial charge < -0.3 is 15.7 Å². The van der Waals surface area contributed by atoms with Gasteiger partial charge in [0.2, 0.25) is 0 Å². The summed E-state index contributed by atoms with van der Waals surface area (Å²) in [7, 11) is 0. The molecule has 0 radical (unpaired) electrons. The van der Waals surface area contributed by atoms with Crippen LogP contribution >= 0.6 is 0 Å². The van der Waals surface area contributed by atoms with Crippen molar-refractivity contribution in [3.05, 3.63) is 54.2 Å². The number of amides is 2. The molecule has 2 rings (SSSR count). The Bertz CT molecular complexity index is 612. The summed E-state index contributed by atoms with van der Waals surface area (Å²) in [5, 5.41) is 14.1. The Morgan fingerprint density at radius 2 is 1.81 bits per heavy atom. The van der Waals surface area contributed by atoms with Crippen molar-refractivity contribution < 1.29 is 14.7 Å². The molecule has 0 bridgehead atoms. The van der Waals surface area contributed by atoms with E-state index < -0.39 is 11.8 Å². The lowest BCUT2D eigenvalue weighted by Crippen LogP contribution is -2.36. The zero-order chi connectivity index (χ0) is 15.1. The molecule has 2 amide bonds. The molecule has 1 aromatic heterocycles. The molecule has 108 valence electrons. The van der Waals surface area contributed by atoms with Crippen LogP contribution in [-0.4, -0.2) is 28.4 Å². The van der Waals surface area contributed by atoms with Crippen LogP contribution in [0.4, 0.5) is 5.82 Å². The highest BCUT2D eigenvalue weighted by Crippen LogP contribution is 2.09. The van der Waals surface area contributed by atoms with Gasteiger partial charge in [-0.15, -0.1) is 0 Å². The highest BCUT2D eigenvalue weighted by molar-refractivity contribution is 6.39. The summed E-state index contributed by atoms with van der Waals surface area (Å²) in [4.78, 5) is 27.1. The van der Waals surface area contributed by atoms with Crippen LogP contribution in [0.2, 0.25) is 0 Å². The number of hydrogen-bond acceptors (Lipinski definition) is 4. The number of carbonyl (C=O) groups is 2. The van der Waals surface area contributed by atoms with Gasteiger partial charge in [0.15, 0.2) is 0 Å². The molecule has 1 aromatic carbocycles. The van der Waals surface area contributed by atoms with Gasteiger partial charge >= 0.3 is 11.8 Å². The third-order valence-corrected chi connectivity index (χ3v) is 2.75. The number of anilines is 1. The summed E-state index contributed by atoms with van der Waals surface area (Å²) in [5.74, 6) is -0.937. The molecule has 0 saturated carbocycles. The molecular formula is C15H15N3O3. The fourth-order valence-corrected chi connectivity index (χ4v) is 1.67. The average molecular weight is 285 g/mol. The lowest BCUT2D eigenvalue weighted by atomic mass is 10.1. The van der Waals surface area contributed by atoms with Crippen molar-refractivity contribution in [2.24, 2.45) is 0 Å². The molecule has 0 fully saturated rings. The van der Waals surface area contributed by atoms with E-state index in [4.69, 9.17) is 5.11 Å². The van der Waals surface area contributed by atoms with Crippen molar-refractivity contribution in [3.8, 4) is 5.75 Å². The Kier molecular flexibility index (Phi) is 4.87. The minimum atomic E-state index is -0.751. The van der Waals surface area contributed by atoms with Gasteiger partial charge in [-0.3, -0.25) is 9.59 Å². The van der Waals surface area contributed by atoms with E-state index in [0.717, 1.165) is 5.56 Å². The predicted molar refractivity (Wildman–Crippen MR) is 77.7 cm³/mol. The van der Waals surface area contributed by atoms with E-state index in [9.17, 15) is 9.59 Å². The van der Waals surface area contributed by atoms with Crippen molar-refractivity contribution >= 4 is 17.6 Å². The molecule has 1 heterocycles. The Balaban J connectivity index is 1.76. The van der Waals surface area contributed by atoms with E-state index >= 15 is 0 Å². The van der Waals surface area contributed by atoms with Gasteiger partial charge in [-0.1, -0.05) is 18.2 Å². The van der Waals surface area contributed by atoms with Crippen LogP contribution < -0.4 is 10.6 Å². The number of phenols is 1. The van der Waals surface area contributed by atoms with Gasteiger partial charge in [0.25, 0.3) is 0 Å². The minimum Gasteiger partial charge on any atom is -0.508 e. The van der Waals surface area contributed by atoms with Crippen LogP contribution in [0.15, 0.2) is 48.7 Å². The second-order valence-corrected chi connectivity index (χ2v) is 4.34. The van der Waals surface area contributed by atoms with Crippen LogP contribution in [0.25, 0.3) is 0 Å². The van der Waals surface area contributed by atoms with Crippen LogP contribution in [0, 0.1) is 0 Å². The monoisotopic (exact) mass is 285 g/mol. The highest BCUT2D eigenvalue weighted by Gasteiger charge is 2.13. The molecule has 2 aromatic rings. The molecule has 0 unspecified atom stereocenters. The molecule has 0 aliphatic heterocycles. The minimum absolute atomic E-state index is 0.192. The topological polar surface area (TPSA) is 91.3 Å². The number of rotatable bonds is 4. The summed E-state index contributed by atoms with van der Waals surface area (Å²) in [6.45, 7) is 0.333. The Morgan fingerprint density at radius 3 is 2.48 bits per heavy atom. The van der Waals surface area contributed by atoms with E-state index in [1.165, 1.54) is 6.20 Å². The highest BCUT2D eigenvalue weighted by atomic mass is 16.3. The second-order valence-electron chi connectivity index (χ2n) is 4.34. The third kappa shape index (κ3) is 4.61. The van der Waals surface area contributed by atoms with E-state index in [0.29, 0.717) is 18.8 Å². The van der Waals surface area contributed by atoms with E-state index in [2.05, 4.69) is 15.6 Å². The molecule has 6 nitrogen and oxygen atoms in total. The maximum Gasteiger partial charge on any atom is 0.314 e. The van der Waals surface area contributed by atoms with Crippen LogP contribution in [0.5, 0.6) is 5.75 Å². The maximum atomic E-state index is 11.6. The Morgan fingerprint density at radius 1 is 1.05 bits per heavy atom. The van der Waals surface area contributed by atoms with Gasteiger partial charge in [0.1, 0.15) is 11.6 Å². The Hall–Kier alpha value is -2.89. The van der Waals surface area contributed by atoms with E-state index in [1.807, 2.05) is 0 Å². The van der Waals surface area contributed by atoms with Crippen molar-refractivity contribution in [1.82, 2.24) is 10.3 Å². The van der Waals surface area contributed by atoms with Crippen molar-refractivity contribution in [2.75, 3.05) is 11.9 Å². The number of phenolic OH excluding ortho intramolecular Hbond substituents is 1. The van der Waals surface area contributed by atoms with Gasteiger partial charge in [0, 0.05) is 12.7 Å². The number of carbonyl (C=O) groups excluding carboxylic acids is 2. The number of nitrogens with zero attached hydrogens (tertiary/aromatic N) is 1. The third-order valence-electron chi connectivity index (χ3n) is 2.75. The average Bonchev–Trinajstić information content (AvgIpc) is 2.50. The summed E-state index contributed by atoms with van der Waals surface area (Å²) in [5.41, 5.74) is 0.957. The number of pyridine rings is 1. The molecule has 3 N–H and O–H groups in total. The maximum absolute atomic E-state index is 11.6. The normalized spacial score (nSPS) is 9.90. The molecule has 6 heteroatoms. The molecule has 0 saturated heterocycles. The fourth-order valence-electron chi connectivity index (χ4n) is 1.67. The first-order chi connectivity index (χ1) is 10.1.